The van der Waals surface area contributed by atoms with E-state index in [0.717, 1.165) is 0 Å². The average molecular weight is 318 g/mol. The maximum Gasteiger partial charge on any atom is 0.321 e. The highest BCUT2D eigenvalue weighted by atomic mass is 16.5. The predicted octanol–water partition coefficient (Wildman–Crippen LogP) is 1.86. The molecule has 7 heteroatoms. The van der Waals surface area contributed by atoms with Gasteiger partial charge in [0, 0.05) is 0 Å². The van der Waals surface area contributed by atoms with Gasteiger partial charge in [0.05, 0.1) is 32.0 Å². The van der Waals surface area contributed by atoms with E-state index in [1.165, 1.54) is 13.4 Å². The molecule has 0 aliphatic carbocycles. The Morgan fingerprint density at radius 1 is 1.26 bits per heavy atom. The lowest BCUT2D eigenvalue weighted by atomic mass is 10.2. The van der Waals surface area contributed by atoms with Crippen LogP contribution in [0.25, 0.3) is 0 Å². The Kier molecular flexibility index (Phi) is 5.76. The first-order chi connectivity index (χ1) is 11.1. The maximum atomic E-state index is 12.1. The first-order valence-electron chi connectivity index (χ1n) is 7.01. The van der Waals surface area contributed by atoms with E-state index in [0.29, 0.717) is 17.2 Å². The second-order valence-electron chi connectivity index (χ2n) is 4.80. The molecule has 23 heavy (non-hydrogen) atoms. The third-order valence-electron chi connectivity index (χ3n) is 3.17. The van der Waals surface area contributed by atoms with Crippen molar-refractivity contribution in [2.45, 2.75) is 19.0 Å². The highest BCUT2D eigenvalue weighted by Crippen LogP contribution is 2.23. The van der Waals surface area contributed by atoms with Crippen molar-refractivity contribution in [1.82, 2.24) is 5.32 Å². The van der Waals surface area contributed by atoms with E-state index >= 15 is 0 Å². The van der Waals surface area contributed by atoms with Crippen molar-refractivity contribution in [3.63, 3.8) is 0 Å². The second-order valence-corrected chi connectivity index (χ2v) is 4.80. The lowest BCUT2D eigenvalue weighted by Gasteiger charge is -2.14. The highest BCUT2D eigenvalue weighted by molar-refractivity contribution is 5.95. The Morgan fingerprint density at radius 3 is 2.70 bits per heavy atom. The molecule has 1 amide bonds. The van der Waals surface area contributed by atoms with Crippen molar-refractivity contribution in [1.29, 1.82) is 0 Å². The zero-order valence-corrected chi connectivity index (χ0v) is 12.6. The quantitative estimate of drug-likeness (QED) is 0.687. The first kappa shape index (κ1) is 16.6. The number of amides is 1. The monoisotopic (exact) mass is 318 g/mol. The molecule has 3 N–H and O–H groups in total. The van der Waals surface area contributed by atoms with Crippen molar-refractivity contribution in [2.24, 2.45) is 0 Å². The van der Waals surface area contributed by atoms with Crippen LogP contribution < -0.4 is 15.4 Å². The van der Waals surface area contributed by atoms with Crippen LogP contribution in [0, 0.1) is 0 Å². The molecule has 7 nitrogen and oxygen atoms in total. The molecule has 0 bridgehead atoms. The molecule has 122 valence electrons. The zero-order chi connectivity index (χ0) is 16.7. The molecule has 1 atom stereocenters. The van der Waals surface area contributed by atoms with E-state index in [4.69, 9.17) is 9.15 Å². The number of benzene rings is 1. The number of hydrogen-bond acceptors (Lipinski definition) is 5. The molecule has 0 spiro atoms. The van der Waals surface area contributed by atoms with Crippen LogP contribution in [0.4, 0.5) is 5.69 Å². The van der Waals surface area contributed by atoms with Gasteiger partial charge >= 0.3 is 5.97 Å². The number of carboxylic acids is 1. The zero-order valence-electron chi connectivity index (χ0n) is 12.6. The molecule has 0 saturated heterocycles. The van der Waals surface area contributed by atoms with Gasteiger partial charge in [-0.2, -0.15) is 0 Å². The number of methoxy groups -OCH3 is 1. The minimum Gasteiger partial charge on any atom is -0.495 e. The number of furan rings is 1. The van der Waals surface area contributed by atoms with Gasteiger partial charge in [-0.25, -0.2) is 0 Å². The molecule has 1 unspecified atom stereocenters. The molecular formula is C16H18N2O5. The molecule has 1 heterocycles. The van der Waals surface area contributed by atoms with Crippen LogP contribution in [-0.2, 0) is 16.1 Å². The van der Waals surface area contributed by atoms with Crippen molar-refractivity contribution in [3.05, 3.63) is 48.4 Å². The molecule has 0 saturated carbocycles. The molecular weight excluding hydrogens is 300 g/mol. The summed E-state index contributed by atoms with van der Waals surface area (Å²) in [6.45, 7) is 0.228. The number of ether oxygens (including phenoxy) is 1. The standard InChI is InChI=1S/C16H18N2O5/c1-22-14-7-3-2-6-12(14)18-15(19)9-13(16(20)21)17-10-11-5-4-8-23-11/h2-8,13,17H,9-10H2,1H3,(H,18,19)(H,20,21). The van der Waals surface area contributed by atoms with E-state index in [1.807, 2.05) is 0 Å². The number of anilines is 1. The summed E-state index contributed by atoms with van der Waals surface area (Å²) >= 11 is 0. The Balaban J connectivity index is 1.93. The van der Waals surface area contributed by atoms with Gasteiger partial charge in [-0.3, -0.25) is 14.9 Å². The van der Waals surface area contributed by atoms with E-state index in [-0.39, 0.29) is 13.0 Å². The van der Waals surface area contributed by atoms with E-state index in [9.17, 15) is 14.7 Å². The Labute approximate surface area is 133 Å². The van der Waals surface area contributed by atoms with Crippen LogP contribution in [0.1, 0.15) is 12.2 Å². The average Bonchev–Trinajstić information content (AvgIpc) is 3.05. The summed E-state index contributed by atoms with van der Waals surface area (Å²) in [6, 6.07) is 9.33. The van der Waals surface area contributed by atoms with Gasteiger partial charge in [-0.05, 0) is 24.3 Å². The minimum absolute atomic E-state index is 0.214. The fourth-order valence-electron chi connectivity index (χ4n) is 2.02. The highest BCUT2D eigenvalue weighted by Gasteiger charge is 2.21. The molecule has 1 aromatic heterocycles. The van der Waals surface area contributed by atoms with Crippen LogP contribution in [0.5, 0.6) is 5.75 Å². The summed E-state index contributed by atoms with van der Waals surface area (Å²) in [5.41, 5.74) is 0.496. The Morgan fingerprint density at radius 2 is 2.04 bits per heavy atom. The smallest absolute Gasteiger partial charge is 0.321 e. The van der Waals surface area contributed by atoms with E-state index < -0.39 is 17.9 Å². The third-order valence-corrected chi connectivity index (χ3v) is 3.17. The number of carbonyl (C=O) groups is 2. The summed E-state index contributed by atoms with van der Waals surface area (Å²) < 4.78 is 10.3. The van der Waals surface area contributed by atoms with Gasteiger partial charge in [-0.1, -0.05) is 12.1 Å². The summed E-state index contributed by atoms with van der Waals surface area (Å²) in [5.74, 6) is -0.418. The maximum absolute atomic E-state index is 12.1. The number of para-hydroxylation sites is 2. The van der Waals surface area contributed by atoms with Gasteiger partial charge in [-0.15, -0.1) is 0 Å². The number of nitrogens with one attached hydrogen (secondary N) is 2. The number of hydrogen-bond donors (Lipinski definition) is 3. The van der Waals surface area contributed by atoms with Gasteiger partial charge < -0.3 is 19.6 Å². The van der Waals surface area contributed by atoms with Gasteiger partial charge in [0.1, 0.15) is 17.6 Å². The summed E-state index contributed by atoms with van der Waals surface area (Å²) in [4.78, 5) is 23.3. The topological polar surface area (TPSA) is 101 Å². The lowest BCUT2D eigenvalue weighted by Crippen LogP contribution is -2.39. The van der Waals surface area contributed by atoms with Crippen LogP contribution in [-0.4, -0.2) is 30.1 Å². The van der Waals surface area contributed by atoms with Crippen molar-refractivity contribution in [2.75, 3.05) is 12.4 Å². The van der Waals surface area contributed by atoms with Gasteiger partial charge in [0.25, 0.3) is 0 Å². The van der Waals surface area contributed by atoms with Crippen molar-refractivity contribution < 1.29 is 23.8 Å². The minimum atomic E-state index is -1.10. The molecule has 1 aromatic carbocycles. The van der Waals surface area contributed by atoms with E-state index in [2.05, 4.69) is 10.6 Å². The van der Waals surface area contributed by atoms with Crippen LogP contribution in [0.3, 0.4) is 0 Å². The normalized spacial score (nSPS) is 11.7. The number of rotatable bonds is 8. The van der Waals surface area contributed by atoms with Crippen LogP contribution >= 0.6 is 0 Å². The summed E-state index contributed by atoms with van der Waals surface area (Å²) in [5, 5.41) is 14.7. The molecule has 0 radical (unpaired) electrons. The van der Waals surface area contributed by atoms with Gasteiger partial charge in [0.15, 0.2) is 0 Å². The van der Waals surface area contributed by atoms with Gasteiger partial charge in [0.2, 0.25) is 5.91 Å². The first-order valence-corrected chi connectivity index (χ1v) is 7.01. The molecule has 0 aliphatic rings. The van der Waals surface area contributed by atoms with Crippen molar-refractivity contribution in [3.8, 4) is 5.75 Å². The summed E-state index contributed by atoms with van der Waals surface area (Å²) in [6.07, 6.45) is 1.29. The molecule has 2 aromatic rings. The Hall–Kier alpha value is -2.80. The van der Waals surface area contributed by atoms with Crippen LogP contribution in [0.15, 0.2) is 47.1 Å². The number of aliphatic carboxylic acids is 1. The molecule has 2 rings (SSSR count). The number of carboxylic acid groups (broad SMARTS) is 1. The number of carbonyl (C=O) groups excluding carboxylic acids is 1. The largest absolute Gasteiger partial charge is 0.495 e. The second kappa shape index (κ2) is 8.00. The van der Waals surface area contributed by atoms with Crippen molar-refractivity contribution >= 4 is 17.6 Å². The lowest BCUT2D eigenvalue weighted by molar-refractivity contribution is -0.141. The Bertz CT molecular complexity index is 654. The molecule has 0 aliphatic heterocycles. The predicted molar refractivity (Wildman–Crippen MR) is 83.2 cm³/mol. The van der Waals surface area contributed by atoms with E-state index in [1.54, 1.807) is 36.4 Å². The fraction of sp³-hybridized carbons (Fsp3) is 0.250. The third kappa shape index (κ3) is 4.86. The van der Waals surface area contributed by atoms with Crippen LogP contribution in [0.2, 0.25) is 0 Å². The summed E-state index contributed by atoms with van der Waals surface area (Å²) in [7, 11) is 1.50. The fourth-order valence-corrected chi connectivity index (χ4v) is 2.02. The SMILES string of the molecule is COc1ccccc1NC(=O)CC(NCc1ccco1)C(=O)O. The molecule has 0 fully saturated rings.